The molecule has 0 aromatic rings. The highest BCUT2D eigenvalue weighted by Crippen LogP contribution is 2.24. The monoisotopic (exact) mass is 364 g/mol. The minimum atomic E-state index is 0.915. The summed E-state index contributed by atoms with van der Waals surface area (Å²) in [5, 5.41) is 0. The topological polar surface area (TPSA) is 0 Å². The van der Waals surface area contributed by atoms with Crippen LogP contribution in [0.1, 0.15) is 85.0 Å². The van der Waals surface area contributed by atoms with E-state index in [1.807, 2.05) is 0 Å². The van der Waals surface area contributed by atoms with Gasteiger partial charge in [-0.25, -0.2) is 0 Å². The lowest BCUT2D eigenvalue weighted by atomic mass is 9.91. The van der Waals surface area contributed by atoms with Crippen molar-refractivity contribution >= 4 is 22.6 Å². The van der Waals surface area contributed by atoms with Crippen molar-refractivity contribution in [3.05, 3.63) is 12.2 Å². The quantitative estimate of drug-likeness (QED) is 0.153. The van der Waals surface area contributed by atoms with E-state index in [4.69, 9.17) is 0 Å². The lowest BCUT2D eigenvalue weighted by molar-refractivity contribution is 0.389. The molecular formula is C17H33I. The fraction of sp³-hybridized carbons (Fsp3) is 0.882. The Morgan fingerprint density at radius 3 is 2.17 bits per heavy atom. The number of alkyl halides is 1. The molecule has 0 aliphatic carbocycles. The Hall–Kier alpha value is 0.470. The van der Waals surface area contributed by atoms with E-state index in [1.165, 1.54) is 64.2 Å². The molecule has 0 saturated carbocycles. The molecule has 0 bridgehead atoms. The summed E-state index contributed by atoms with van der Waals surface area (Å²) in [5.74, 6) is 0.991. The van der Waals surface area contributed by atoms with E-state index in [2.05, 4.69) is 55.5 Å². The molecule has 0 aliphatic rings. The molecule has 108 valence electrons. The Labute approximate surface area is 129 Å². The molecular weight excluding hydrogens is 331 g/mol. The zero-order valence-corrected chi connectivity index (χ0v) is 14.9. The van der Waals surface area contributed by atoms with E-state index in [1.54, 1.807) is 0 Å². The summed E-state index contributed by atoms with van der Waals surface area (Å²) in [5.41, 5.74) is 0. The molecule has 0 aromatic heterocycles. The molecule has 0 aliphatic heterocycles. The number of hydrogen-bond acceptors (Lipinski definition) is 0. The lowest BCUT2D eigenvalue weighted by Crippen LogP contribution is -2.03. The van der Waals surface area contributed by atoms with Crippen LogP contribution in [-0.4, -0.2) is 3.92 Å². The van der Waals surface area contributed by atoms with Crippen LogP contribution in [0.3, 0.4) is 0 Å². The summed E-state index contributed by atoms with van der Waals surface area (Å²) in [4.78, 5) is 0. The predicted octanol–water partition coefficient (Wildman–Crippen LogP) is 6.92. The van der Waals surface area contributed by atoms with Crippen molar-refractivity contribution in [1.29, 1.82) is 0 Å². The van der Waals surface area contributed by atoms with Crippen molar-refractivity contribution < 1.29 is 0 Å². The Morgan fingerprint density at radius 1 is 0.889 bits per heavy atom. The van der Waals surface area contributed by atoms with E-state index < -0.39 is 0 Å². The van der Waals surface area contributed by atoms with Crippen LogP contribution in [0.15, 0.2) is 12.2 Å². The van der Waals surface area contributed by atoms with Crippen molar-refractivity contribution in [2.75, 3.05) is 0 Å². The molecule has 0 fully saturated rings. The third kappa shape index (κ3) is 11.6. The van der Waals surface area contributed by atoms with Gasteiger partial charge in [0, 0.05) is 3.92 Å². The Balaban J connectivity index is 3.68. The molecule has 0 spiro atoms. The summed E-state index contributed by atoms with van der Waals surface area (Å²) in [6.07, 6.45) is 18.5. The molecule has 0 rings (SSSR count). The maximum Gasteiger partial charge on any atom is 0.0109 e. The maximum atomic E-state index is 2.64. The molecule has 0 nitrogen and oxygen atoms in total. The Kier molecular flexibility index (Phi) is 14.3. The summed E-state index contributed by atoms with van der Waals surface area (Å²) in [6.45, 7) is 6.75. The first kappa shape index (κ1) is 18.5. The Bertz CT molecular complexity index is 186. The van der Waals surface area contributed by atoms with Crippen LogP contribution >= 0.6 is 22.6 Å². The van der Waals surface area contributed by atoms with Gasteiger partial charge in [0.05, 0.1) is 0 Å². The maximum absolute atomic E-state index is 2.64. The number of rotatable bonds is 12. The molecule has 0 heterocycles. The van der Waals surface area contributed by atoms with Gasteiger partial charge in [-0.15, -0.1) is 0 Å². The Morgan fingerprint density at radius 2 is 1.56 bits per heavy atom. The van der Waals surface area contributed by atoms with E-state index in [0.29, 0.717) is 0 Å². The van der Waals surface area contributed by atoms with Gasteiger partial charge >= 0.3 is 0 Å². The molecule has 0 N–H and O–H groups in total. The normalized spacial score (nSPS) is 15.1. The van der Waals surface area contributed by atoms with Gasteiger partial charge in [-0.2, -0.15) is 0 Å². The summed E-state index contributed by atoms with van der Waals surface area (Å²) < 4.78 is 0.915. The minimum Gasteiger partial charge on any atom is -0.0917 e. The van der Waals surface area contributed by atoms with Gasteiger partial charge in [0.2, 0.25) is 0 Å². The van der Waals surface area contributed by atoms with Crippen molar-refractivity contribution in [1.82, 2.24) is 0 Å². The minimum absolute atomic E-state index is 0.915. The van der Waals surface area contributed by atoms with E-state index in [0.717, 1.165) is 9.84 Å². The first-order valence-corrected chi connectivity index (χ1v) is 9.24. The van der Waals surface area contributed by atoms with Crippen LogP contribution in [-0.2, 0) is 0 Å². The molecule has 0 radical (unpaired) electrons. The smallest absolute Gasteiger partial charge is 0.0109 e. The van der Waals surface area contributed by atoms with Crippen molar-refractivity contribution in [3.63, 3.8) is 0 Å². The van der Waals surface area contributed by atoms with Crippen LogP contribution in [0.25, 0.3) is 0 Å². The largest absolute Gasteiger partial charge is 0.0917 e. The van der Waals surface area contributed by atoms with Crippen LogP contribution in [0.5, 0.6) is 0 Å². The van der Waals surface area contributed by atoms with Crippen LogP contribution in [0.4, 0.5) is 0 Å². The first-order chi connectivity index (χ1) is 8.74. The fourth-order valence-electron chi connectivity index (χ4n) is 2.62. The van der Waals surface area contributed by atoms with Gasteiger partial charge in [-0.05, 0) is 38.5 Å². The second-order valence-electron chi connectivity index (χ2n) is 5.47. The lowest BCUT2D eigenvalue weighted by Gasteiger charge is -2.16. The second-order valence-corrected chi connectivity index (χ2v) is 7.23. The van der Waals surface area contributed by atoms with E-state index >= 15 is 0 Å². The highest BCUT2D eigenvalue weighted by molar-refractivity contribution is 14.1. The van der Waals surface area contributed by atoms with Gasteiger partial charge in [0.15, 0.2) is 0 Å². The number of unbranched alkanes of at least 4 members (excludes halogenated alkanes) is 1. The molecule has 0 saturated heterocycles. The predicted molar refractivity (Wildman–Crippen MR) is 93.6 cm³/mol. The van der Waals surface area contributed by atoms with Crippen molar-refractivity contribution in [3.8, 4) is 0 Å². The van der Waals surface area contributed by atoms with E-state index in [-0.39, 0.29) is 0 Å². The number of allylic oxidation sites excluding steroid dienone is 2. The number of halogens is 1. The van der Waals surface area contributed by atoms with Gasteiger partial charge in [-0.1, -0.05) is 87.1 Å². The fourth-order valence-corrected chi connectivity index (χ4v) is 3.68. The standard InChI is InChI=1S/C17H33I/c1-4-7-8-9-13-16(11-5-2)14-10-15-17(18)12-6-3/h4,7,16-17H,5-6,8-15H2,1-3H3/b7-4+. The van der Waals surface area contributed by atoms with Gasteiger partial charge in [-0.3, -0.25) is 0 Å². The molecule has 0 amide bonds. The summed E-state index contributed by atoms with van der Waals surface area (Å²) in [6, 6.07) is 0. The average molecular weight is 364 g/mol. The SMILES string of the molecule is C/C=C/CCCC(CCC)CCCC(I)CCC. The van der Waals surface area contributed by atoms with Gasteiger partial charge < -0.3 is 0 Å². The van der Waals surface area contributed by atoms with Crippen molar-refractivity contribution in [2.45, 2.75) is 88.9 Å². The molecule has 2 atom stereocenters. The van der Waals surface area contributed by atoms with Crippen LogP contribution < -0.4 is 0 Å². The third-order valence-electron chi connectivity index (χ3n) is 3.65. The highest BCUT2D eigenvalue weighted by Gasteiger charge is 2.09. The zero-order valence-electron chi connectivity index (χ0n) is 12.8. The van der Waals surface area contributed by atoms with E-state index in [9.17, 15) is 0 Å². The summed E-state index contributed by atoms with van der Waals surface area (Å²) in [7, 11) is 0. The van der Waals surface area contributed by atoms with Gasteiger partial charge in [0.1, 0.15) is 0 Å². The first-order valence-electron chi connectivity index (χ1n) is 7.99. The second kappa shape index (κ2) is 13.9. The average Bonchev–Trinajstić information content (AvgIpc) is 2.35. The van der Waals surface area contributed by atoms with Crippen LogP contribution in [0, 0.1) is 5.92 Å². The highest BCUT2D eigenvalue weighted by atomic mass is 127. The summed E-state index contributed by atoms with van der Waals surface area (Å²) >= 11 is 2.64. The number of hydrogen-bond donors (Lipinski definition) is 0. The molecule has 0 aromatic carbocycles. The molecule has 1 heteroatoms. The third-order valence-corrected chi connectivity index (χ3v) is 4.89. The van der Waals surface area contributed by atoms with Gasteiger partial charge in [0.25, 0.3) is 0 Å². The molecule has 2 unspecified atom stereocenters. The zero-order chi connectivity index (χ0) is 13.6. The van der Waals surface area contributed by atoms with Crippen molar-refractivity contribution in [2.24, 2.45) is 5.92 Å². The van der Waals surface area contributed by atoms with Crippen LogP contribution in [0.2, 0.25) is 0 Å². The molecule has 18 heavy (non-hydrogen) atoms.